The first-order chi connectivity index (χ1) is 17.1. The quantitative estimate of drug-likeness (QED) is 0.495. The van der Waals surface area contributed by atoms with Crippen LogP contribution in [0.2, 0.25) is 0 Å². The van der Waals surface area contributed by atoms with E-state index in [0.717, 1.165) is 40.5 Å². The SMILES string of the molecule is COc1ccc(-c2cn3cc(C4CCN(C5CCN(C6CC6)CC5)CC4)cc(C)c3n2)cc1OC. The number of aromatic nitrogens is 2. The molecule has 1 aliphatic carbocycles. The fraction of sp³-hybridized carbons (Fsp3) is 0.552. The summed E-state index contributed by atoms with van der Waals surface area (Å²) in [6, 6.07) is 10.1. The van der Waals surface area contributed by atoms with Crippen LogP contribution in [0.3, 0.4) is 0 Å². The Morgan fingerprint density at radius 3 is 2.09 bits per heavy atom. The Morgan fingerprint density at radius 1 is 0.771 bits per heavy atom. The molecule has 2 saturated heterocycles. The van der Waals surface area contributed by atoms with Crippen molar-refractivity contribution in [3.8, 4) is 22.8 Å². The second-order valence-corrected chi connectivity index (χ2v) is 10.7. The largest absolute Gasteiger partial charge is 0.493 e. The number of piperidine rings is 2. The molecule has 1 aromatic carbocycles. The van der Waals surface area contributed by atoms with Gasteiger partial charge in [0.2, 0.25) is 0 Å². The van der Waals surface area contributed by atoms with Crippen LogP contribution in [0.25, 0.3) is 16.9 Å². The highest BCUT2D eigenvalue weighted by Gasteiger charge is 2.34. The van der Waals surface area contributed by atoms with Gasteiger partial charge < -0.3 is 23.7 Å². The van der Waals surface area contributed by atoms with Gasteiger partial charge in [-0.1, -0.05) is 6.07 Å². The summed E-state index contributed by atoms with van der Waals surface area (Å²) >= 11 is 0. The minimum atomic E-state index is 0.632. The number of aryl methyl sites for hydroxylation is 1. The number of methoxy groups -OCH3 is 2. The number of pyridine rings is 1. The first-order valence-electron chi connectivity index (χ1n) is 13.3. The van der Waals surface area contributed by atoms with Gasteiger partial charge in [0.25, 0.3) is 0 Å². The van der Waals surface area contributed by atoms with Gasteiger partial charge >= 0.3 is 0 Å². The average molecular weight is 475 g/mol. The van der Waals surface area contributed by atoms with Gasteiger partial charge in [-0.2, -0.15) is 0 Å². The molecule has 6 rings (SSSR count). The molecule has 0 bridgehead atoms. The van der Waals surface area contributed by atoms with Crippen LogP contribution in [-0.2, 0) is 0 Å². The Kier molecular flexibility index (Phi) is 6.19. The van der Waals surface area contributed by atoms with E-state index < -0.39 is 0 Å². The van der Waals surface area contributed by atoms with E-state index in [9.17, 15) is 0 Å². The van der Waals surface area contributed by atoms with E-state index in [1.165, 1.54) is 75.8 Å². The van der Waals surface area contributed by atoms with Gasteiger partial charge in [0.1, 0.15) is 5.65 Å². The summed E-state index contributed by atoms with van der Waals surface area (Å²) in [5.74, 6) is 2.09. The van der Waals surface area contributed by atoms with Gasteiger partial charge in [-0.15, -0.1) is 0 Å². The van der Waals surface area contributed by atoms with Crippen molar-refractivity contribution in [1.82, 2.24) is 19.2 Å². The minimum absolute atomic E-state index is 0.632. The fourth-order valence-electron chi connectivity index (χ4n) is 6.31. The van der Waals surface area contributed by atoms with Gasteiger partial charge in [0.15, 0.2) is 11.5 Å². The van der Waals surface area contributed by atoms with E-state index in [1.54, 1.807) is 14.2 Å². The summed E-state index contributed by atoms with van der Waals surface area (Å²) in [6.07, 6.45) is 12.6. The van der Waals surface area contributed by atoms with Crippen LogP contribution in [0.4, 0.5) is 0 Å². The Balaban J connectivity index is 1.15. The number of hydrogen-bond donors (Lipinski definition) is 0. The Hall–Kier alpha value is -2.57. The lowest BCUT2D eigenvalue weighted by atomic mass is 9.88. The maximum atomic E-state index is 5.50. The van der Waals surface area contributed by atoms with Crippen LogP contribution in [-0.4, -0.2) is 71.7 Å². The molecular formula is C29H38N4O2. The molecule has 0 atom stereocenters. The van der Waals surface area contributed by atoms with Crippen LogP contribution in [0.15, 0.2) is 36.7 Å². The zero-order chi connectivity index (χ0) is 23.9. The summed E-state index contributed by atoms with van der Waals surface area (Å²) in [5.41, 5.74) is 5.71. The Labute approximate surface area is 208 Å². The number of rotatable bonds is 6. The van der Waals surface area contributed by atoms with Gasteiger partial charge in [0.05, 0.1) is 19.9 Å². The molecule has 6 nitrogen and oxygen atoms in total. The molecule has 2 aromatic heterocycles. The molecule has 35 heavy (non-hydrogen) atoms. The van der Waals surface area contributed by atoms with Crippen LogP contribution in [0.1, 0.15) is 55.6 Å². The highest BCUT2D eigenvalue weighted by Crippen LogP contribution is 2.35. The molecule has 186 valence electrons. The zero-order valence-corrected chi connectivity index (χ0v) is 21.4. The number of hydrogen-bond acceptors (Lipinski definition) is 5. The summed E-state index contributed by atoms with van der Waals surface area (Å²) in [5, 5.41) is 0. The second kappa shape index (κ2) is 9.47. The normalized spacial score (nSPS) is 21.0. The lowest BCUT2D eigenvalue weighted by Crippen LogP contribution is -2.47. The molecule has 0 spiro atoms. The van der Waals surface area contributed by atoms with Crippen molar-refractivity contribution in [2.24, 2.45) is 0 Å². The molecule has 6 heteroatoms. The monoisotopic (exact) mass is 474 g/mol. The zero-order valence-electron chi connectivity index (χ0n) is 21.4. The van der Waals surface area contributed by atoms with Crippen molar-refractivity contribution >= 4 is 5.65 Å². The maximum absolute atomic E-state index is 5.50. The summed E-state index contributed by atoms with van der Waals surface area (Å²) < 4.78 is 13.1. The number of ether oxygens (including phenoxy) is 2. The van der Waals surface area contributed by atoms with Crippen molar-refractivity contribution in [1.29, 1.82) is 0 Å². The van der Waals surface area contributed by atoms with E-state index in [4.69, 9.17) is 14.5 Å². The van der Waals surface area contributed by atoms with Crippen molar-refractivity contribution in [2.75, 3.05) is 40.4 Å². The third-order valence-electron chi connectivity index (χ3n) is 8.52. The molecule has 3 fully saturated rings. The van der Waals surface area contributed by atoms with Crippen molar-refractivity contribution in [3.63, 3.8) is 0 Å². The summed E-state index contributed by atoms with van der Waals surface area (Å²) in [6.45, 7) is 7.28. The van der Waals surface area contributed by atoms with Crippen molar-refractivity contribution in [3.05, 3.63) is 47.8 Å². The second-order valence-electron chi connectivity index (χ2n) is 10.7. The summed E-state index contributed by atoms with van der Waals surface area (Å²) in [4.78, 5) is 10.5. The third-order valence-corrected chi connectivity index (χ3v) is 8.52. The van der Waals surface area contributed by atoms with Gasteiger partial charge in [-0.25, -0.2) is 4.98 Å². The van der Waals surface area contributed by atoms with E-state index in [0.29, 0.717) is 5.92 Å². The van der Waals surface area contributed by atoms with Crippen molar-refractivity contribution < 1.29 is 9.47 Å². The first-order valence-corrected chi connectivity index (χ1v) is 13.3. The molecular weight excluding hydrogens is 436 g/mol. The molecule has 3 aliphatic rings. The molecule has 4 heterocycles. The van der Waals surface area contributed by atoms with Crippen LogP contribution in [0, 0.1) is 6.92 Å². The predicted molar refractivity (Wildman–Crippen MR) is 140 cm³/mol. The molecule has 3 aromatic rings. The smallest absolute Gasteiger partial charge is 0.161 e. The van der Waals surface area contributed by atoms with E-state index >= 15 is 0 Å². The molecule has 0 radical (unpaired) electrons. The van der Waals surface area contributed by atoms with E-state index in [2.05, 4.69) is 39.6 Å². The average Bonchev–Trinajstić information content (AvgIpc) is 3.67. The highest BCUT2D eigenvalue weighted by molar-refractivity contribution is 5.67. The Bertz CT molecular complexity index is 1180. The molecule has 0 unspecified atom stereocenters. The lowest BCUT2D eigenvalue weighted by molar-refractivity contribution is 0.0843. The molecule has 0 amide bonds. The number of imidazole rings is 1. The number of fused-ring (bicyclic) bond motifs is 1. The molecule has 0 N–H and O–H groups in total. The van der Waals surface area contributed by atoms with Crippen molar-refractivity contribution in [2.45, 2.75) is 63.5 Å². The van der Waals surface area contributed by atoms with Gasteiger partial charge in [-0.3, -0.25) is 0 Å². The highest BCUT2D eigenvalue weighted by atomic mass is 16.5. The minimum Gasteiger partial charge on any atom is -0.493 e. The molecule has 1 saturated carbocycles. The lowest BCUT2D eigenvalue weighted by Gasteiger charge is -2.42. The standard InChI is InChI=1S/C29H38N4O2/c1-20-16-23(21-8-12-31(13-9-21)25-10-14-32(15-11-25)24-5-6-24)18-33-19-26(30-29(20)33)22-4-7-27(34-2)28(17-22)35-3/h4,7,16-19,21,24-25H,5-6,8-15H2,1-3H3. The number of benzene rings is 1. The Morgan fingerprint density at radius 2 is 1.43 bits per heavy atom. The number of nitrogens with zero attached hydrogens (tertiary/aromatic N) is 4. The van der Waals surface area contributed by atoms with Crippen LogP contribution >= 0.6 is 0 Å². The van der Waals surface area contributed by atoms with Crippen LogP contribution < -0.4 is 9.47 Å². The maximum Gasteiger partial charge on any atom is 0.161 e. The van der Waals surface area contributed by atoms with Gasteiger partial charge in [0, 0.05) is 30.0 Å². The van der Waals surface area contributed by atoms with Gasteiger partial charge in [-0.05, 0) is 107 Å². The topological polar surface area (TPSA) is 42.2 Å². The third kappa shape index (κ3) is 4.54. The first kappa shape index (κ1) is 22.9. The molecule has 2 aliphatic heterocycles. The van der Waals surface area contributed by atoms with E-state index in [-0.39, 0.29) is 0 Å². The predicted octanol–water partition coefficient (Wildman–Crippen LogP) is 5.13. The fourth-order valence-corrected chi connectivity index (χ4v) is 6.31. The number of likely N-dealkylation sites (tertiary alicyclic amines) is 2. The summed E-state index contributed by atoms with van der Waals surface area (Å²) in [7, 11) is 3.33. The van der Waals surface area contributed by atoms with Crippen LogP contribution in [0.5, 0.6) is 11.5 Å². The van der Waals surface area contributed by atoms with E-state index in [1.807, 2.05) is 18.2 Å².